The molecular weight excluding hydrogens is 480 g/mol. The molecule has 0 aliphatic rings. The summed E-state index contributed by atoms with van der Waals surface area (Å²) >= 11 is 0. The lowest BCUT2D eigenvalue weighted by Crippen LogP contribution is -2.45. The van der Waals surface area contributed by atoms with E-state index in [1.807, 2.05) is 62.4 Å². The van der Waals surface area contributed by atoms with E-state index < -0.39 is 25.9 Å². The van der Waals surface area contributed by atoms with Gasteiger partial charge in [-0.15, -0.1) is 0 Å². The van der Waals surface area contributed by atoms with Crippen LogP contribution in [0.5, 0.6) is 0 Å². The van der Waals surface area contributed by atoms with Crippen molar-refractivity contribution in [2.45, 2.75) is 104 Å². The molecule has 0 heterocycles. The van der Waals surface area contributed by atoms with Crippen LogP contribution >= 0.6 is 0 Å². The Morgan fingerprint density at radius 2 is 1.27 bits per heavy atom. The van der Waals surface area contributed by atoms with Crippen molar-refractivity contribution >= 4 is 8.32 Å². The second kappa shape index (κ2) is 14.6. The Morgan fingerprint density at radius 3 is 1.78 bits per heavy atom. The van der Waals surface area contributed by atoms with Crippen LogP contribution in [0.2, 0.25) is 18.1 Å². The van der Waals surface area contributed by atoms with E-state index in [0.717, 1.165) is 11.1 Å². The van der Waals surface area contributed by atoms with Crippen molar-refractivity contribution in [1.29, 1.82) is 0 Å². The van der Waals surface area contributed by atoms with Crippen molar-refractivity contribution in [1.82, 2.24) is 0 Å². The van der Waals surface area contributed by atoms with Crippen LogP contribution in [-0.2, 0) is 27.1 Å². The standard InChI is InChI=1S/C31H50O5Si/c1-30(2,3)37(6,7)36-28(18-19-34-22-25-14-10-8-11-15-25)20-27(32)21-29(33)31(4,5)24-35-23-26-16-12-9-13-17-26/h8-17,27-29,32-33H,18-24H2,1-7H3/t27-,28-,29-/m1/s1. The minimum absolute atomic E-state index is 0.0682. The number of hydrogen-bond donors (Lipinski definition) is 2. The van der Waals surface area contributed by atoms with Crippen molar-refractivity contribution in [3.05, 3.63) is 71.8 Å². The molecule has 0 bridgehead atoms. The smallest absolute Gasteiger partial charge is 0.192 e. The molecule has 2 rings (SSSR count). The van der Waals surface area contributed by atoms with Crippen LogP contribution in [0.4, 0.5) is 0 Å². The molecule has 0 aromatic heterocycles. The van der Waals surface area contributed by atoms with E-state index in [9.17, 15) is 10.2 Å². The van der Waals surface area contributed by atoms with Gasteiger partial charge in [0.05, 0.1) is 32.0 Å². The highest BCUT2D eigenvalue weighted by molar-refractivity contribution is 6.74. The summed E-state index contributed by atoms with van der Waals surface area (Å²) in [6.45, 7) is 17.1. The van der Waals surface area contributed by atoms with Crippen molar-refractivity contribution in [3.63, 3.8) is 0 Å². The van der Waals surface area contributed by atoms with Gasteiger partial charge in [0.15, 0.2) is 8.32 Å². The average Bonchev–Trinajstić information content (AvgIpc) is 2.82. The lowest BCUT2D eigenvalue weighted by molar-refractivity contribution is -0.0542. The second-order valence-electron chi connectivity index (χ2n) is 12.4. The van der Waals surface area contributed by atoms with Gasteiger partial charge in [-0.05, 0) is 48.5 Å². The highest BCUT2D eigenvalue weighted by Gasteiger charge is 2.40. The zero-order valence-electron chi connectivity index (χ0n) is 24.1. The molecule has 0 aliphatic carbocycles. The maximum atomic E-state index is 11.0. The van der Waals surface area contributed by atoms with Crippen molar-refractivity contribution in [2.24, 2.45) is 5.41 Å². The van der Waals surface area contributed by atoms with E-state index in [2.05, 4.69) is 46.0 Å². The molecule has 5 nitrogen and oxygen atoms in total. The van der Waals surface area contributed by atoms with Crippen LogP contribution < -0.4 is 0 Å². The van der Waals surface area contributed by atoms with E-state index in [0.29, 0.717) is 39.3 Å². The zero-order chi connectivity index (χ0) is 27.5. The number of benzene rings is 2. The van der Waals surface area contributed by atoms with E-state index in [1.165, 1.54) is 0 Å². The molecule has 2 aromatic carbocycles. The van der Waals surface area contributed by atoms with Crippen LogP contribution in [0.3, 0.4) is 0 Å². The number of ether oxygens (including phenoxy) is 2. The van der Waals surface area contributed by atoms with Crippen LogP contribution in [0.1, 0.15) is 65.0 Å². The third-order valence-corrected chi connectivity index (χ3v) is 12.0. The van der Waals surface area contributed by atoms with Gasteiger partial charge in [0.25, 0.3) is 0 Å². The average molecular weight is 531 g/mol. The Hall–Kier alpha value is -1.54. The van der Waals surface area contributed by atoms with E-state index >= 15 is 0 Å². The van der Waals surface area contributed by atoms with Gasteiger partial charge in [0, 0.05) is 18.1 Å². The summed E-state index contributed by atoms with van der Waals surface area (Å²) in [5.74, 6) is 0. The van der Waals surface area contributed by atoms with Gasteiger partial charge in [-0.3, -0.25) is 0 Å². The molecular formula is C31H50O5Si. The highest BCUT2D eigenvalue weighted by atomic mass is 28.4. The predicted octanol–water partition coefficient (Wildman–Crippen LogP) is 6.73. The first kappa shape index (κ1) is 31.7. The Bertz CT molecular complexity index is 879. The number of aliphatic hydroxyl groups is 2. The third kappa shape index (κ3) is 11.4. The summed E-state index contributed by atoms with van der Waals surface area (Å²) in [6, 6.07) is 20.2. The topological polar surface area (TPSA) is 68.2 Å². The zero-order valence-corrected chi connectivity index (χ0v) is 25.1. The molecule has 0 saturated carbocycles. The SMILES string of the molecule is CC(C)(COCc1ccccc1)[C@H](O)C[C@H](O)C[C@@H](CCOCc1ccccc1)O[Si](C)(C)C(C)(C)C. The van der Waals surface area contributed by atoms with E-state index in [-0.39, 0.29) is 17.6 Å². The van der Waals surface area contributed by atoms with Gasteiger partial charge in [-0.1, -0.05) is 95.3 Å². The van der Waals surface area contributed by atoms with E-state index in [4.69, 9.17) is 13.9 Å². The molecule has 0 unspecified atom stereocenters. The molecule has 2 aromatic rings. The van der Waals surface area contributed by atoms with Crippen molar-refractivity contribution in [2.75, 3.05) is 13.2 Å². The predicted molar refractivity (Wildman–Crippen MR) is 154 cm³/mol. The third-order valence-electron chi connectivity index (χ3n) is 7.48. The minimum Gasteiger partial charge on any atom is -0.414 e. The molecule has 0 aliphatic heterocycles. The summed E-state index contributed by atoms with van der Waals surface area (Å²) in [5, 5.41) is 22.0. The number of hydrogen-bond acceptors (Lipinski definition) is 5. The molecule has 208 valence electrons. The van der Waals surface area contributed by atoms with E-state index in [1.54, 1.807) is 0 Å². The Labute approximate surface area is 226 Å². The van der Waals surface area contributed by atoms with Crippen LogP contribution in [0.15, 0.2) is 60.7 Å². The summed E-state index contributed by atoms with van der Waals surface area (Å²) in [7, 11) is -2.03. The highest BCUT2D eigenvalue weighted by Crippen LogP contribution is 2.38. The summed E-state index contributed by atoms with van der Waals surface area (Å²) < 4.78 is 18.5. The summed E-state index contributed by atoms with van der Waals surface area (Å²) in [4.78, 5) is 0. The molecule has 3 atom stereocenters. The quantitative estimate of drug-likeness (QED) is 0.186. The number of rotatable bonds is 16. The van der Waals surface area contributed by atoms with Crippen molar-refractivity contribution in [3.8, 4) is 0 Å². The minimum atomic E-state index is -2.03. The van der Waals surface area contributed by atoms with Crippen molar-refractivity contribution < 1.29 is 24.1 Å². The number of aliphatic hydroxyl groups excluding tert-OH is 2. The maximum absolute atomic E-state index is 11.0. The normalized spacial score (nSPS) is 15.4. The molecule has 0 amide bonds. The first-order valence-corrected chi connectivity index (χ1v) is 16.5. The maximum Gasteiger partial charge on any atom is 0.192 e. The van der Waals surface area contributed by atoms with Crippen LogP contribution in [0.25, 0.3) is 0 Å². The lowest BCUT2D eigenvalue weighted by Gasteiger charge is -2.40. The fourth-order valence-electron chi connectivity index (χ4n) is 3.88. The van der Waals surface area contributed by atoms with Gasteiger partial charge in [0.2, 0.25) is 0 Å². The molecule has 0 radical (unpaired) electrons. The molecule has 0 fully saturated rings. The Kier molecular flexibility index (Phi) is 12.5. The van der Waals surface area contributed by atoms with Gasteiger partial charge >= 0.3 is 0 Å². The second-order valence-corrected chi connectivity index (χ2v) is 17.2. The molecule has 0 spiro atoms. The monoisotopic (exact) mass is 530 g/mol. The Morgan fingerprint density at radius 1 is 0.757 bits per heavy atom. The fraction of sp³-hybridized carbons (Fsp3) is 0.613. The van der Waals surface area contributed by atoms with Crippen LogP contribution in [0, 0.1) is 5.41 Å². The Balaban J connectivity index is 1.90. The van der Waals surface area contributed by atoms with Gasteiger partial charge in [0.1, 0.15) is 0 Å². The first-order chi connectivity index (χ1) is 17.3. The molecule has 37 heavy (non-hydrogen) atoms. The summed E-state index contributed by atoms with van der Waals surface area (Å²) in [6.07, 6.45) is -0.0381. The molecule has 6 heteroatoms. The van der Waals surface area contributed by atoms with Gasteiger partial charge in [-0.2, -0.15) is 0 Å². The van der Waals surface area contributed by atoms with Gasteiger partial charge < -0.3 is 24.1 Å². The van der Waals surface area contributed by atoms with Crippen LogP contribution in [-0.4, -0.2) is 50.1 Å². The lowest BCUT2D eigenvalue weighted by atomic mass is 9.83. The molecule has 0 saturated heterocycles. The molecule has 2 N–H and O–H groups in total. The first-order valence-electron chi connectivity index (χ1n) is 13.6. The fourth-order valence-corrected chi connectivity index (χ4v) is 5.28. The largest absolute Gasteiger partial charge is 0.414 e. The summed E-state index contributed by atoms with van der Waals surface area (Å²) in [5.41, 5.74) is 1.77. The van der Waals surface area contributed by atoms with Gasteiger partial charge in [-0.25, -0.2) is 0 Å².